The third-order valence-corrected chi connectivity index (χ3v) is 5.56. The predicted molar refractivity (Wildman–Crippen MR) is 105 cm³/mol. The number of para-hydroxylation sites is 1. The molecular formula is C21H21N3OS. The number of nitrogens with zero attached hydrogens (tertiary/aromatic N) is 2. The fourth-order valence-electron chi connectivity index (χ4n) is 3.34. The average Bonchev–Trinajstić information content (AvgIpc) is 3.29. The van der Waals surface area contributed by atoms with Gasteiger partial charge in [-0.25, -0.2) is 4.68 Å². The maximum absolute atomic E-state index is 12.7. The Balaban J connectivity index is 1.43. The van der Waals surface area contributed by atoms with E-state index in [9.17, 15) is 4.79 Å². The normalized spacial score (nSPS) is 12.8. The van der Waals surface area contributed by atoms with Gasteiger partial charge in [0, 0.05) is 28.5 Å². The van der Waals surface area contributed by atoms with Crippen molar-refractivity contribution >= 4 is 17.7 Å². The first-order chi connectivity index (χ1) is 12.8. The highest BCUT2D eigenvalue weighted by Gasteiger charge is 2.26. The van der Waals surface area contributed by atoms with E-state index in [0.29, 0.717) is 12.2 Å². The molecular weight excluding hydrogens is 342 g/mol. The van der Waals surface area contributed by atoms with E-state index < -0.39 is 0 Å². The maximum Gasteiger partial charge on any atom is 0.272 e. The molecule has 0 spiro atoms. The molecule has 132 valence electrons. The van der Waals surface area contributed by atoms with Crippen LogP contribution in [0.15, 0.2) is 65.6 Å². The summed E-state index contributed by atoms with van der Waals surface area (Å²) >= 11 is 1.74. The molecule has 0 saturated heterocycles. The molecule has 5 heteroatoms. The lowest BCUT2D eigenvalue weighted by Gasteiger charge is -2.05. The van der Waals surface area contributed by atoms with Gasteiger partial charge >= 0.3 is 0 Å². The second-order valence-electron chi connectivity index (χ2n) is 6.29. The predicted octanol–water partition coefficient (Wildman–Crippen LogP) is 3.88. The SMILES string of the molecule is O=C(NCCSc1ccccc1)c1nn(-c2ccccc2)c2c1CCC2. The standard InChI is InChI=1S/C21H21N3OS/c25-21(22-14-15-26-17-10-5-2-6-11-17)20-18-12-7-13-19(18)24(23-20)16-8-3-1-4-9-16/h1-6,8-11H,7,12-15H2,(H,22,25). The zero-order chi connectivity index (χ0) is 17.8. The summed E-state index contributed by atoms with van der Waals surface area (Å²) in [6.07, 6.45) is 3.00. The molecule has 1 aromatic heterocycles. The molecule has 3 aromatic rings. The van der Waals surface area contributed by atoms with E-state index in [2.05, 4.69) is 22.5 Å². The molecule has 0 atom stereocenters. The van der Waals surface area contributed by atoms with Crippen LogP contribution in [0.25, 0.3) is 5.69 Å². The van der Waals surface area contributed by atoms with Crippen molar-refractivity contribution < 1.29 is 4.79 Å². The van der Waals surface area contributed by atoms with Crippen LogP contribution in [-0.2, 0) is 12.8 Å². The lowest BCUT2D eigenvalue weighted by Crippen LogP contribution is -2.27. The number of fused-ring (bicyclic) bond motifs is 1. The van der Waals surface area contributed by atoms with Crippen molar-refractivity contribution in [2.24, 2.45) is 0 Å². The van der Waals surface area contributed by atoms with Crippen molar-refractivity contribution in [3.05, 3.63) is 77.6 Å². The van der Waals surface area contributed by atoms with Crippen LogP contribution in [0.3, 0.4) is 0 Å². The molecule has 4 rings (SSSR count). The molecule has 0 bridgehead atoms. The van der Waals surface area contributed by atoms with Crippen molar-refractivity contribution in [3.8, 4) is 5.69 Å². The van der Waals surface area contributed by atoms with E-state index in [1.807, 2.05) is 53.2 Å². The fourth-order valence-corrected chi connectivity index (χ4v) is 4.13. The third-order valence-electron chi connectivity index (χ3n) is 4.55. The molecule has 2 aromatic carbocycles. The summed E-state index contributed by atoms with van der Waals surface area (Å²) in [7, 11) is 0. The van der Waals surface area contributed by atoms with Crippen molar-refractivity contribution in [2.75, 3.05) is 12.3 Å². The van der Waals surface area contributed by atoms with Crippen molar-refractivity contribution in [2.45, 2.75) is 24.2 Å². The Morgan fingerprint density at radius 1 is 1.04 bits per heavy atom. The molecule has 1 aliphatic carbocycles. The van der Waals surface area contributed by atoms with Crippen LogP contribution in [-0.4, -0.2) is 28.0 Å². The van der Waals surface area contributed by atoms with Gasteiger partial charge in [-0.2, -0.15) is 5.10 Å². The van der Waals surface area contributed by atoms with Crippen molar-refractivity contribution in [1.29, 1.82) is 0 Å². The summed E-state index contributed by atoms with van der Waals surface area (Å²) in [5.41, 5.74) is 3.90. The van der Waals surface area contributed by atoms with Gasteiger partial charge in [-0.15, -0.1) is 11.8 Å². The van der Waals surface area contributed by atoms with E-state index in [0.717, 1.165) is 36.3 Å². The summed E-state index contributed by atoms with van der Waals surface area (Å²) in [5, 5.41) is 7.66. The monoisotopic (exact) mass is 363 g/mol. The second kappa shape index (κ2) is 7.79. The summed E-state index contributed by atoms with van der Waals surface area (Å²) < 4.78 is 1.94. The summed E-state index contributed by atoms with van der Waals surface area (Å²) in [4.78, 5) is 13.9. The van der Waals surface area contributed by atoms with Gasteiger partial charge in [0.25, 0.3) is 5.91 Å². The van der Waals surface area contributed by atoms with Gasteiger partial charge in [0.05, 0.1) is 5.69 Å². The first-order valence-corrected chi connectivity index (χ1v) is 9.94. The first-order valence-electron chi connectivity index (χ1n) is 8.95. The van der Waals surface area contributed by atoms with Crippen molar-refractivity contribution in [3.63, 3.8) is 0 Å². The minimum Gasteiger partial charge on any atom is -0.350 e. The molecule has 0 aliphatic heterocycles. The second-order valence-corrected chi connectivity index (χ2v) is 7.46. The minimum absolute atomic E-state index is 0.0634. The van der Waals surface area contributed by atoms with Crippen LogP contribution < -0.4 is 5.32 Å². The van der Waals surface area contributed by atoms with Gasteiger partial charge in [-0.1, -0.05) is 36.4 Å². The van der Waals surface area contributed by atoms with Gasteiger partial charge in [-0.05, 0) is 43.5 Å². The molecule has 1 amide bonds. The number of hydrogen-bond donors (Lipinski definition) is 1. The number of benzene rings is 2. The van der Waals surface area contributed by atoms with Crippen LogP contribution in [0.2, 0.25) is 0 Å². The number of hydrogen-bond acceptors (Lipinski definition) is 3. The maximum atomic E-state index is 12.7. The molecule has 0 saturated carbocycles. The minimum atomic E-state index is -0.0634. The lowest BCUT2D eigenvalue weighted by atomic mass is 10.2. The Bertz CT molecular complexity index is 890. The summed E-state index contributed by atoms with van der Waals surface area (Å²) in [6.45, 7) is 0.630. The quantitative estimate of drug-likeness (QED) is 0.534. The third kappa shape index (κ3) is 3.53. The Morgan fingerprint density at radius 2 is 1.77 bits per heavy atom. The van der Waals surface area contributed by atoms with E-state index >= 15 is 0 Å². The van der Waals surface area contributed by atoms with Gasteiger partial charge < -0.3 is 5.32 Å². The van der Waals surface area contributed by atoms with Gasteiger partial charge in [0.15, 0.2) is 5.69 Å². The Morgan fingerprint density at radius 3 is 2.54 bits per heavy atom. The molecule has 0 radical (unpaired) electrons. The van der Waals surface area contributed by atoms with Crippen LogP contribution in [0.1, 0.15) is 28.2 Å². The highest BCUT2D eigenvalue weighted by Crippen LogP contribution is 2.27. The topological polar surface area (TPSA) is 46.9 Å². The summed E-state index contributed by atoms with van der Waals surface area (Å²) in [6, 6.07) is 20.3. The Labute approximate surface area is 157 Å². The molecule has 1 heterocycles. The Kier molecular flexibility index (Phi) is 5.07. The average molecular weight is 363 g/mol. The zero-order valence-corrected chi connectivity index (χ0v) is 15.3. The molecule has 26 heavy (non-hydrogen) atoms. The van der Waals surface area contributed by atoms with E-state index in [4.69, 9.17) is 0 Å². The zero-order valence-electron chi connectivity index (χ0n) is 14.5. The molecule has 1 aliphatic rings. The highest BCUT2D eigenvalue weighted by molar-refractivity contribution is 7.99. The first kappa shape index (κ1) is 16.9. The Hall–Kier alpha value is -2.53. The fraction of sp³-hybridized carbons (Fsp3) is 0.238. The number of amides is 1. The van der Waals surface area contributed by atoms with E-state index in [-0.39, 0.29) is 5.91 Å². The smallest absolute Gasteiger partial charge is 0.272 e. The van der Waals surface area contributed by atoms with E-state index in [1.54, 1.807) is 11.8 Å². The summed E-state index contributed by atoms with van der Waals surface area (Å²) in [5.74, 6) is 0.781. The molecule has 0 unspecified atom stereocenters. The van der Waals surface area contributed by atoms with Crippen LogP contribution in [0, 0.1) is 0 Å². The van der Waals surface area contributed by atoms with Gasteiger partial charge in [0.2, 0.25) is 0 Å². The number of nitrogens with one attached hydrogen (secondary N) is 1. The number of aromatic nitrogens is 2. The number of carbonyl (C=O) groups excluding carboxylic acids is 1. The molecule has 4 nitrogen and oxygen atoms in total. The van der Waals surface area contributed by atoms with Gasteiger partial charge in [0.1, 0.15) is 0 Å². The van der Waals surface area contributed by atoms with Crippen LogP contribution in [0.4, 0.5) is 0 Å². The number of rotatable bonds is 6. The number of carbonyl (C=O) groups is 1. The van der Waals surface area contributed by atoms with Gasteiger partial charge in [-0.3, -0.25) is 4.79 Å². The lowest BCUT2D eigenvalue weighted by molar-refractivity contribution is 0.0950. The van der Waals surface area contributed by atoms with Crippen molar-refractivity contribution in [1.82, 2.24) is 15.1 Å². The molecule has 0 fully saturated rings. The largest absolute Gasteiger partial charge is 0.350 e. The highest BCUT2D eigenvalue weighted by atomic mass is 32.2. The van der Waals surface area contributed by atoms with Crippen LogP contribution >= 0.6 is 11.8 Å². The van der Waals surface area contributed by atoms with Crippen LogP contribution in [0.5, 0.6) is 0 Å². The molecule has 1 N–H and O–H groups in total. The number of thioether (sulfide) groups is 1. The van der Waals surface area contributed by atoms with E-state index in [1.165, 1.54) is 10.6 Å².